The summed E-state index contributed by atoms with van der Waals surface area (Å²) in [6.45, 7) is 7.97. The van der Waals surface area contributed by atoms with Gasteiger partial charge in [0.1, 0.15) is 0 Å². The quantitative estimate of drug-likeness (QED) is 0.722. The van der Waals surface area contributed by atoms with Crippen LogP contribution in [0.25, 0.3) is 0 Å². The molecule has 18 heavy (non-hydrogen) atoms. The Balaban J connectivity index is 2.67. The van der Waals surface area contributed by atoms with Crippen molar-refractivity contribution in [2.24, 2.45) is 5.92 Å². The van der Waals surface area contributed by atoms with Gasteiger partial charge in [0.15, 0.2) is 0 Å². The van der Waals surface area contributed by atoms with E-state index >= 15 is 0 Å². The molecule has 100 valence electrons. The fourth-order valence-corrected chi connectivity index (χ4v) is 2.26. The molecule has 0 saturated heterocycles. The molecule has 0 aliphatic rings. The summed E-state index contributed by atoms with van der Waals surface area (Å²) in [5.41, 5.74) is 1.25. The monoisotopic (exact) mass is 247 g/mol. The van der Waals surface area contributed by atoms with Crippen molar-refractivity contribution >= 4 is 5.91 Å². The highest BCUT2D eigenvalue weighted by Crippen LogP contribution is 2.15. The Kier molecular flexibility index (Phi) is 6.48. The van der Waals surface area contributed by atoms with Gasteiger partial charge >= 0.3 is 0 Å². The minimum Gasteiger partial charge on any atom is -0.343 e. The average molecular weight is 247 g/mol. The first kappa shape index (κ1) is 14.7. The fourth-order valence-electron chi connectivity index (χ4n) is 2.26. The largest absolute Gasteiger partial charge is 0.343 e. The van der Waals surface area contributed by atoms with E-state index < -0.39 is 0 Å². The SMILES string of the molecule is CCCN(CC)C(=O)C(CC)Cc1ccccc1. The molecule has 0 aromatic heterocycles. The third kappa shape index (κ3) is 4.17. The van der Waals surface area contributed by atoms with Crippen LogP contribution in [0, 0.1) is 5.92 Å². The Hall–Kier alpha value is -1.31. The molecule has 0 saturated carbocycles. The molecule has 0 aliphatic heterocycles. The Bertz CT molecular complexity index is 347. The highest BCUT2D eigenvalue weighted by Gasteiger charge is 2.21. The van der Waals surface area contributed by atoms with E-state index in [1.165, 1.54) is 5.56 Å². The Morgan fingerprint density at radius 3 is 2.33 bits per heavy atom. The molecule has 1 atom stereocenters. The second kappa shape index (κ2) is 7.91. The van der Waals surface area contributed by atoms with Gasteiger partial charge in [-0.25, -0.2) is 0 Å². The summed E-state index contributed by atoms with van der Waals surface area (Å²) in [4.78, 5) is 14.4. The van der Waals surface area contributed by atoms with Crippen LogP contribution in [0.2, 0.25) is 0 Å². The van der Waals surface area contributed by atoms with Crippen molar-refractivity contribution < 1.29 is 4.79 Å². The van der Waals surface area contributed by atoms with Crippen molar-refractivity contribution in [3.63, 3.8) is 0 Å². The first-order valence-corrected chi connectivity index (χ1v) is 7.05. The molecule has 1 amide bonds. The zero-order valence-corrected chi connectivity index (χ0v) is 11.9. The first-order chi connectivity index (χ1) is 8.72. The Morgan fingerprint density at radius 1 is 1.17 bits per heavy atom. The lowest BCUT2D eigenvalue weighted by Gasteiger charge is -2.25. The molecule has 2 heteroatoms. The van der Waals surface area contributed by atoms with Gasteiger partial charge in [0.25, 0.3) is 0 Å². The van der Waals surface area contributed by atoms with Crippen LogP contribution in [-0.4, -0.2) is 23.9 Å². The van der Waals surface area contributed by atoms with Crippen LogP contribution in [-0.2, 0) is 11.2 Å². The van der Waals surface area contributed by atoms with E-state index in [4.69, 9.17) is 0 Å². The zero-order valence-electron chi connectivity index (χ0n) is 11.9. The number of nitrogens with zero attached hydrogens (tertiary/aromatic N) is 1. The van der Waals surface area contributed by atoms with E-state index in [1.54, 1.807) is 0 Å². The standard InChI is InChI=1S/C16H25NO/c1-4-12-17(6-3)16(18)15(5-2)13-14-10-8-7-9-11-14/h7-11,15H,4-6,12-13H2,1-3H3. The van der Waals surface area contributed by atoms with Crippen molar-refractivity contribution in [1.29, 1.82) is 0 Å². The van der Waals surface area contributed by atoms with Crippen molar-refractivity contribution in [2.75, 3.05) is 13.1 Å². The summed E-state index contributed by atoms with van der Waals surface area (Å²) in [7, 11) is 0. The molecular formula is C16H25NO. The van der Waals surface area contributed by atoms with Gasteiger partial charge in [-0.3, -0.25) is 4.79 Å². The topological polar surface area (TPSA) is 20.3 Å². The van der Waals surface area contributed by atoms with Crippen LogP contribution in [0.15, 0.2) is 30.3 Å². The molecule has 0 N–H and O–H groups in total. The minimum atomic E-state index is 0.124. The zero-order chi connectivity index (χ0) is 13.4. The second-order valence-corrected chi connectivity index (χ2v) is 4.71. The molecule has 1 aromatic carbocycles. The van der Waals surface area contributed by atoms with Crippen LogP contribution >= 0.6 is 0 Å². The molecule has 1 unspecified atom stereocenters. The highest BCUT2D eigenvalue weighted by molar-refractivity contribution is 5.79. The summed E-state index contributed by atoms with van der Waals surface area (Å²) in [5, 5.41) is 0. The summed E-state index contributed by atoms with van der Waals surface area (Å²) in [6, 6.07) is 10.3. The van der Waals surface area contributed by atoms with Gasteiger partial charge in [-0.05, 0) is 31.7 Å². The van der Waals surface area contributed by atoms with Crippen molar-refractivity contribution in [1.82, 2.24) is 4.90 Å². The molecule has 0 bridgehead atoms. The predicted octanol–water partition coefficient (Wildman–Crippen LogP) is 3.51. The van der Waals surface area contributed by atoms with E-state index in [-0.39, 0.29) is 5.92 Å². The molecular weight excluding hydrogens is 222 g/mol. The summed E-state index contributed by atoms with van der Waals surface area (Å²) >= 11 is 0. The molecule has 0 spiro atoms. The number of carbonyl (C=O) groups excluding carboxylic acids is 1. The number of benzene rings is 1. The Morgan fingerprint density at radius 2 is 1.83 bits per heavy atom. The number of rotatable bonds is 7. The van der Waals surface area contributed by atoms with Gasteiger partial charge in [-0.15, -0.1) is 0 Å². The number of amides is 1. The van der Waals surface area contributed by atoms with E-state index in [1.807, 2.05) is 23.1 Å². The minimum absolute atomic E-state index is 0.124. The van der Waals surface area contributed by atoms with Gasteiger partial charge in [0, 0.05) is 19.0 Å². The third-order valence-corrected chi connectivity index (χ3v) is 3.35. The lowest BCUT2D eigenvalue weighted by Crippen LogP contribution is -2.37. The lowest BCUT2D eigenvalue weighted by atomic mass is 9.95. The molecule has 0 heterocycles. The number of hydrogen-bond donors (Lipinski definition) is 0. The highest BCUT2D eigenvalue weighted by atomic mass is 16.2. The average Bonchev–Trinajstić information content (AvgIpc) is 2.42. The van der Waals surface area contributed by atoms with Gasteiger partial charge in [-0.2, -0.15) is 0 Å². The maximum absolute atomic E-state index is 12.4. The fraction of sp³-hybridized carbons (Fsp3) is 0.562. The van der Waals surface area contributed by atoms with Crippen LogP contribution in [0.5, 0.6) is 0 Å². The van der Waals surface area contributed by atoms with Crippen LogP contribution in [0.3, 0.4) is 0 Å². The van der Waals surface area contributed by atoms with Gasteiger partial charge < -0.3 is 4.90 Å². The van der Waals surface area contributed by atoms with E-state index in [2.05, 4.69) is 32.9 Å². The van der Waals surface area contributed by atoms with Crippen LogP contribution in [0.1, 0.15) is 39.2 Å². The molecule has 1 rings (SSSR count). The number of carbonyl (C=O) groups is 1. The summed E-state index contributed by atoms with van der Waals surface area (Å²) in [6.07, 6.45) is 2.80. The second-order valence-electron chi connectivity index (χ2n) is 4.71. The number of hydrogen-bond acceptors (Lipinski definition) is 1. The lowest BCUT2D eigenvalue weighted by molar-refractivity contribution is -0.135. The molecule has 0 fully saturated rings. The smallest absolute Gasteiger partial charge is 0.225 e. The third-order valence-electron chi connectivity index (χ3n) is 3.35. The summed E-state index contributed by atoms with van der Waals surface area (Å²) in [5.74, 6) is 0.435. The van der Waals surface area contributed by atoms with E-state index in [0.717, 1.165) is 32.4 Å². The van der Waals surface area contributed by atoms with Crippen molar-refractivity contribution in [3.8, 4) is 0 Å². The van der Waals surface area contributed by atoms with Gasteiger partial charge in [0.2, 0.25) is 5.91 Å². The van der Waals surface area contributed by atoms with E-state index in [0.29, 0.717) is 5.91 Å². The van der Waals surface area contributed by atoms with Gasteiger partial charge in [-0.1, -0.05) is 44.2 Å². The predicted molar refractivity (Wildman–Crippen MR) is 76.5 cm³/mol. The van der Waals surface area contributed by atoms with Crippen LogP contribution < -0.4 is 0 Å². The van der Waals surface area contributed by atoms with Crippen LogP contribution in [0.4, 0.5) is 0 Å². The molecule has 0 aliphatic carbocycles. The maximum Gasteiger partial charge on any atom is 0.225 e. The van der Waals surface area contributed by atoms with Gasteiger partial charge in [0.05, 0.1) is 0 Å². The summed E-state index contributed by atoms with van der Waals surface area (Å²) < 4.78 is 0. The first-order valence-electron chi connectivity index (χ1n) is 7.05. The maximum atomic E-state index is 12.4. The normalized spacial score (nSPS) is 12.2. The molecule has 0 radical (unpaired) electrons. The van der Waals surface area contributed by atoms with Crippen molar-refractivity contribution in [3.05, 3.63) is 35.9 Å². The van der Waals surface area contributed by atoms with Crippen molar-refractivity contribution in [2.45, 2.75) is 40.0 Å². The molecule has 1 aromatic rings. The van der Waals surface area contributed by atoms with E-state index in [9.17, 15) is 4.79 Å². The molecule has 2 nitrogen and oxygen atoms in total. The Labute approximate surface area is 111 Å².